The van der Waals surface area contributed by atoms with Gasteiger partial charge < -0.3 is 9.84 Å². The van der Waals surface area contributed by atoms with Gasteiger partial charge in [-0.25, -0.2) is 5.90 Å². The van der Waals surface area contributed by atoms with Crippen LogP contribution in [0.3, 0.4) is 0 Å². The van der Waals surface area contributed by atoms with E-state index in [9.17, 15) is 0 Å². The summed E-state index contributed by atoms with van der Waals surface area (Å²) in [6, 6.07) is 0. The van der Waals surface area contributed by atoms with Crippen molar-refractivity contribution in [3.05, 3.63) is 0 Å². The van der Waals surface area contributed by atoms with Gasteiger partial charge in [0.15, 0.2) is 0 Å². The van der Waals surface area contributed by atoms with E-state index in [0.717, 1.165) is 6.42 Å². The first-order valence-electron chi connectivity index (χ1n) is 3.39. The van der Waals surface area contributed by atoms with Crippen molar-refractivity contribution in [2.75, 3.05) is 6.61 Å². The van der Waals surface area contributed by atoms with Crippen molar-refractivity contribution in [3.8, 4) is 0 Å². The van der Waals surface area contributed by atoms with Crippen LogP contribution in [-0.2, 0) is 9.57 Å². The van der Waals surface area contributed by atoms with Gasteiger partial charge >= 0.3 is 0 Å². The average Bonchev–Trinajstić information content (AvgIpc) is 2.30. The molecule has 1 unspecified atom stereocenters. The molecule has 1 fully saturated rings. The highest BCUT2D eigenvalue weighted by Gasteiger charge is 2.32. The summed E-state index contributed by atoms with van der Waals surface area (Å²) in [6.07, 6.45) is 0.535. The van der Waals surface area contributed by atoms with Gasteiger partial charge in [-0.15, -0.1) is 0 Å². The number of hydrogen-bond donors (Lipinski definition) is 2. The Balaban J connectivity index is 2.41. The molecule has 10 heavy (non-hydrogen) atoms. The van der Waals surface area contributed by atoms with Gasteiger partial charge in [0.1, 0.15) is 12.2 Å². The van der Waals surface area contributed by atoms with E-state index in [-0.39, 0.29) is 24.9 Å². The molecule has 0 saturated carbocycles. The third-order valence-corrected chi connectivity index (χ3v) is 1.74. The summed E-state index contributed by atoms with van der Waals surface area (Å²) in [4.78, 5) is 4.60. The molecule has 0 amide bonds. The molecule has 1 rings (SSSR count). The van der Waals surface area contributed by atoms with Gasteiger partial charge in [0, 0.05) is 6.42 Å². The molecular formula is C6H13NO3. The summed E-state index contributed by atoms with van der Waals surface area (Å²) in [7, 11) is 0. The van der Waals surface area contributed by atoms with Crippen molar-refractivity contribution < 1.29 is 14.7 Å². The Hall–Kier alpha value is -0.160. The molecule has 4 heteroatoms. The standard InChI is InChI=1S/C6H13NO3/c1-4-2-5(10-7)6(3-8)9-4/h4-6,8H,2-3,7H2,1H3/t4-,5?,6+/m0/s1. The Kier molecular flexibility index (Phi) is 2.62. The van der Waals surface area contributed by atoms with Crippen LogP contribution >= 0.6 is 0 Å². The predicted octanol–water partition coefficient (Wildman–Crippen LogP) is -0.585. The van der Waals surface area contributed by atoms with Crippen LogP contribution in [0.1, 0.15) is 13.3 Å². The number of aliphatic hydroxyl groups is 1. The second-order valence-corrected chi connectivity index (χ2v) is 2.58. The highest BCUT2D eigenvalue weighted by atomic mass is 16.6. The summed E-state index contributed by atoms with van der Waals surface area (Å²) >= 11 is 0. The number of rotatable bonds is 2. The SMILES string of the molecule is C[C@H]1CC(ON)[C@@H](CO)O1. The molecule has 0 bridgehead atoms. The lowest BCUT2D eigenvalue weighted by Gasteiger charge is -2.12. The van der Waals surface area contributed by atoms with E-state index in [1.54, 1.807) is 0 Å². The van der Waals surface area contributed by atoms with Crippen molar-refractivity contribution in [1.82, 2.24) is 0 Å². The van der Waals surface area contributed by atoms with Crippen LogP contribution in [0, 0.1) is 0 Å². The number of nitrogens with two attached hydrogens (primary N) is 1. The Morgan fingerprint density at radius 2 is 2.50 bits per heavy atom. The monoisotopic (exact) mass is 147 g/mol. The van der Waals surface area contributed by atoms with Gasteiger partial charge in [0.05, 0.1) is 12.7 Å². The maximum absolute atomic E-state index is 8.72. The van der Waals surface area contributed by atoms with E-state index in [1.807, 2.05) is 6.92 Å². The summed E-state index contributed by atoms with van der Waals surface area (Å²) in [5.74, 6) is 4.97. The lowest BCUT2D eigenvalue weighted by Crippen LogP contribution is -2.29. The molecule has 1 saturated heterocycles. The van der Waals surface area contributed by atoms with Crippen LogP contribution < -0.4 is 5.90 Å². The van der Waals surface area contributed by atoms with Crippen molar-refractivity contribution in [3.63, 3.8) is 0 Å². The minimum absolute atomic E-state index is 0.0216. The van der Waals surface area contributed by atoms with Crippen LogP contribution in [0.5, 0.6) is 0 Å². The van der Waals surface area contributed by atoms with Crippen molar-refractivity contribution >= 4 is 0 Å². The van der Waals surface area contributed by atoms with Crippen LogP contribution in [0.4, 0.5) is 0 Å². The van der Waals surface area contributed by atoms with Gasteiger partial charge in [0.2, 0.25) is 0 Å². The minimum atomic E-state index is -0.236. The van der Waals surface area contributed by atoms with Crippen molar-refractivity contribution in [2.24, 2.45) is 5.90 Å². The van der Waals surface area contributed by atoms with E-state index in [0.29, 0.717) is 0 Å². The average molecular weight is 147 g/mol. The van der Waals surface area contributed by atoms with Crippen LogP contribution in [0.2, 0.25) is 0 Å². The Bertz CT molecular complexity index is 97.2. The Morgan fingerprint density at radius 1 is 1.80 bits per heavy atom. The second kappa shape index (κ2) is 3.30. The lowest BCUT2D eigenvalue weighted by molar-refractivity contribution is -0.0452. The first-order chi connectivity index (χ1) is 4.77. The maximum atomic E-state index is 8.72. The topological polar surface area (TPSA) is 64.7 Å². The quantitative estimate of drug-likeness (QED) is 0.513. The molecule has 1 heterocycles. The molecule has 0 spiro atoms. The molecule has 3 N–H and O–H groups in total. The molecule has 1 aliphatic rings. The third-order valence-electron chi connectivity index (χ3n) is 1.74. The smallest absolute Gasteiger partial charge is 0.110 e. The molecule has 3 atom stereocenters. The maximum Gasteiger partial charge on any atom is 0.110 e. The first-order valence-corrected chi connectivity index (χ1v) is 3.39. The summed E-state index contributed by atoms with van der Waals surface area (Å²) < 4.78 is 5.26. The van der Waals surface area contributed by atoms with Crippen LogP contribution in [0.15, 0.2) is 0 Å². The third kappa shape index (κ3) is 1.46. The van der Waals surface area contributed by atoms with E-state index < -0.39 is 0 Å². The van der Waals surface area contributed by atoms with E-state index in [1.165, 1.54) is 0 Å². The molecule has 60 valence electrons. The van der Waals surface area contributed by atoms with Crippen LogP contribution in [-0.4, -0.2) is 30.0 Å². The molecule has 1 aliphatic heterocycles. The van der Waals surface area contributed by atoms with Gasteiger partial charge in [-0.1, -0.05) is 0 Å². The van der Waals surface area contributed by atoms with Crippen LogP contribution in [0.25, 0.3) is 0 Å². The van der Waals surface area contributed by atoms with Gasteiger partial charge in [-0.2, -0.15) is 0 Å². The van der Waals surface area contributed by atoms with Crippen molar-refractivity contribution in [1.29, 1.82) is 0 Å². The second-order valence-electron chi connectivity index (χ2n) is 2.58. The normalized spacial score (nSPS) is 40.5. The zero-order valence-electron chi connectivity index (χ0n) is 5.99. The molecule has 0 aromatic carbocycles. The molecule has 0 radical (unpaired) electrons. The van der Waals surface area contributed by atoms with Gasteiger partial charge in [-0.3, -0.25) is 4.84 Å². The first kappa shape index (κ1) is 7.94. The molecular weight excluding hydrogens is 134 g/mol. The van der Waals surface area contributed by atoms with E-state index in [4.69, 9.17) is 15.7 Å². The molecule has 0 aromatic heterocycles. The largest absolute Gasteiger partial charge is 0.394 e. The molecule has 0 aliphatic carbocycles. The van der Waals surface area contributed by atoms with E-state index >= 15 is 0 Å². The predicted molar refractivity (Wildman–Crippen MR) is 35.1 cm³/mol. The highest BCUT2D eigenvalue weighted by Crippen LogP contribution is 2.20. The van der Waals surface area contributed by atoms with Crippen molar-refractivity contribution in [2.45, 2.75) is 31.7 Å². The minimum Gasteiger partial charge on any atom is -0.394 e. The molecule has 4 nitrogen and oxygen atoms in total. The fourth-order valence-electron chi connectivity index (χ4n) is 1.22. The zero-order chi connectivity index (χ0) is 7.56. The summed E-state index contributed by atoms with van der Waals surface area (Å²) in [5, 5.41) is 8.72. The summed E-state index contributed by atoms with van der Waals surface area (Å²) in [5.41, 5.74) is 0. The highest BCUT2D eigenvalue weighted by molar-refractivity contribution is 4.79. The number of hydrogen-bond acceptors (Lipinski definition) is 4. The van der Waals surface area contributed by atoms with Gasteiger partial charge in [-0.05, 0) is 6.92 Å². The summed E-state index contributed by atoms with van der Waals surface area (Å²) in [6.45, 7) is 1.91. The fourth-order valence-corrected chi connectivity index (χ4v) is 1.22. The number of aliphatic hydroxyl groups excluding tert-OH is 1. The fraction of sp³-hybridized carbons (Fsp3) is 1.00. The molecule has 0 aromatic rings. The Labute approximate surface area is 59.9 Å². The Morgan fingerprint density at radius 3 is 2.90 bits per heavy atom. The lowest BCUT2D eigenvalue weighted by atomic mass is 10.1. The zero-order valence-corrected chi connectivity index (χ0v) is 5.99. The van der Waals surface area contributed by atoms with Gasteiger partial charge in [0.25, 0.3) is 0 Å². The van der Waals surface area contributed by atoms with E-state index in [2.05, 4.69) is 4.84 Å². The number of ether oxygens (including phenoxy) is 1.